The summed E-state index contributed by atoms with van der Waals surface area (Å²) in [5.74, 6) is -3.52. The largest absolute Gasteiger partial charge is 0.447 e. The minimum Gasteiger partial charge on any atom is -0.447 e. The molecule has 1 aliphatic heterocycles. The number of aromatic nitrogens is 2. The van der Waals surface area contributed by atoms with Gasteiger partial charge in [0.15, 0.2) is 0 Å². The molecule has 2 amide bonds. The summed E-state index contributed by atoms with van der Waals surface area (Å²) in [7, 11) is 0. The van der Waals surface area contributed by atoms with Crippen LogP contribution in [0.25, 0.3) is 0 Å². The number of alkyl halides is 2. The number of ether oxygens (including phenoxy) is 3. The van der Waals surface area contributed by atoms with E-state index in [1.807, 2.05) is 0 Å². The number of hydrogen-bond donors (Lipinski definition) is 3. The molecule has 1 aromatic rings. The van der Waals surface area contributed by atoms with E-state index >= 15 is 0 Å². The lowest BCUT2D eigenvalue weighted by atomic mass is 10.2. The number of anilines is 1. The molecule has 4 N–H and O–H groups in total. The molecule has 0 aromatic carbocycles. The molecule has 0 bridgehead atoms. The van der Waals surface area contributed by atoms with Gasteiger partial charge in [-0.15, -0.1) is 0 Å². The number of allylic oxidation sites excluding steroid dienone is 10. The molecule has 1 aliphatic rings. The van der Waals surface area contributed by atoms with E-state index in [-0.39, 0.29) is 31.5 Å². The Kier molecular flexibility index (Phi) is 19.3. The van der Waals surface area contributed by atoms with Crippen molar-refractivity contribution < 1.29 is 32.6 Å². The zero-order valence-corrected chi connectivity index (χ0v) is 27.2. The van der Waals surface area contributed by atoms with Gasteiger partial charge in [0.2, 0.25) is 12.1 Å². The normalized spacial score (nSPS) is 17.9. The zero-order chi connectivity index (χ0) is 34.2. The quantitative estimate of drug-likeness (QED) is 0.109. The Morgan fingerprint density at radius 2 is 1.60 bits per heavy atom. The molecule has 1 aromatic heterocycles. The molecule has 0 spiro atoms. The molecule has 260 valence electrons. The van der Waals surface area contributed by atoms with Crippen molar-refractivity contribution in [1.82, 2.24) is 20.2 Å². The minimum absolute atomic E-state index is 0.0536. The van der Waals surface area contributed by atoms with Crippen LogP contribution >= 0.6 is 0 Å². The van der Waals surface area contributed by atoms with E-state index in [0.29, 0.717) is 17.5 Å². The van der Waals surface area contributed by atoms with Crippen LogP contribution in [0, 0.1) is 0 Å². The highest BCUT2D eigenvalue weighted by Crippen LogP contribution is 2.41. The smallest absolute Gasteiger partial charge is 0.407 e. The highest BCUT2D eigenvalue weighted by atomic mass is 19.3. The van der Waals surface area contributed by atoms with Crippen molar-refractivity contribution in [3.63, 3.8) is 0 Å². The highest BCUT2D eigenvalue weighted by molar-refractivity contribution is 5.75. The molecule has 0 aliphatic carbocycles. The summed E-state index contributed by atoms with van der Waals surface area (Å²) >= 11 is 0. The fourth-order valence-corrected chi connectivity index (χ4v) is 4.35. The monoisotopic (exact) mass is 661 g/mol. The molecule has 47 heavy (non-hydrogen) atoms. The van der Waals surface area contributed by atoms with Crippen molar-refractivity contribution in [2.75, 3.05) is 38.6 Å². The Hall–Kier alpha value is -4.10. The summed E-state index contributed by atoms with van der Waals surface area (Å²) in [6.45, 7) is 2.60. The van der Waals surface area contributed by atoms with E-state index in [9.17, 15) is 23.2 Å². The molecule has 1 fully saturated rings. The summed E-state index contributed by atoms with van der Waals surface area (Å²) in [5.41, 5.74) is 4.43. The number of halogens is 2. The highest BCUT2D eigenvalue weighted by Gasteiger charge is 2.52. The number of carbonyl (C=O) groups is 2. The number of nitrogens with one attached hydrogen (secondary N) is 2. The summed E-state index contributed by atoms with van der Waals surface area (Å²) in [6, 6.07) is 1.21. The average Bonchev–Trinajstić information content (AvgIpc) is 3.34. The van der Waals surface area contributed by atoms with Gasteiger partial charge < -0.3 is 30.6 Å². The number of nitrogens with zero attached hydrogens (tertiary/aromatic N) is 2. The van der Waals surface area contributed by atoms with Crippen molar-refractivity contribution in [3.8, 4) is 0 Å². The first-order valence-electron chi connectivity index (χ1n) is 16.1. The fourth-order valence-electron chi connectivity index (χ4n) is 4.35. The Bertz CT molecular complexity index is 1280. The van der Waals surface area contributed by atoms with Crippen LogP contribution in [0.3, 0.4) is 0 Å². The van der Waals surface area contributed by atoms with Gasteiger partial charge in [-0.3, -0.25) is 9.36 Å². The van der Waals surface area contributed by atoms with E-state index in [1.54, 1.807) is 0 Å². The van der Waals surface area contributed by atoms with E-state index in [1.165, 1.54) is 6.07 Å². The van der Waals surface area contributed by atoms with Gasteiger partial charge in [0.25, 0.3) is 5.92 Å². The second-order valence-corrected chi connectivity index (χ2v) is 10.7. The Morgan fingerprint density at radius 3 is 2.21 bits per heavy atom. The molecule has 13 heteroatoms. The third-order valence-electron chi connectivity index (χ3n) is 6.70. The number of carbonyl (C=O) groups excluding carboxylic acids is 2. The summed E-state index contributed by atoms with van der Waals surface area (Å²) < 4.78 is 45.1. The molecule has 0 radical (unpaired) electrons. The third-order valence-corrected chi connectivity index (χ3v) is 6.70. The van der Waals surface area contributed by atoms with Gasteiger partial charge in [-0.1, -0.05) is 67.7 Å². The topological polar surface area (TPSA) is 147 Å². The number of nitrogen functional groups attached to an aromatic ring is 1. The molecular formula is C34H49F2N5O6. The summed E-state index contributed by atoms with van der Waals surface area (Å²) in [4.78, 5) is 39.2. The Labute approximate surface area is 275 Å². The fraction of sp³-hybridized carbons (Fsp3) is 0.529. The van der Waals surface area contributed by atoms with Crippen LogP contribution in [0.4, 0.5) is 19.4 Å². The molecule has 0 saturated carbocycles. The molecule has 11 nitrogen and oxygen atoms in total. The predicted molar refractivity (Wildman–Crippen MR) is 178 cm³/mol. The van der Waals surface area contributed by atoms with E-state index in [4.69, 9.17) is 19.9 Å². The predicted octanol–water partition coefficient (Wildman–Crippen LogP) is 5.53. The maximum absolute atomic E-state index is 14.4. The number of nitrogens with two attached hydrogens (primary N) is 1. The van der Waals surface area contributed by atoms with Crippen molar-refractivity contribution >= 4 is 17.8 Å². The number of rotatable bonds is 22. The van der Waals surface area contributed by atoms with Crippen LogP contribution in [-0.4, -0.2) is 66.5 Å². The number of hydrogen-bond acceptors (Lipinski definition) is 8. The van der Waals surface area contributed by atoms with Gasteiger partial charge in [0.1, 0.15) is 18.5 Å². The van der Waals surface area contributed by atoms with Gasteiger partial charge in [-0.2, -0.15) is 4.98 Å². The first kappa shape index (κ1) is 39.1. The van der Waals surface area contributed by atoms with Gasteiger partial charge in [-0.25, -0.2) is 18.4 Å². The molecular weight excluding hydrogens is 612 g/mol. The molecule has 2 rings (SSSR count). The summed E-state index contributed by atoms with van der Waals surface area (Å²) in [6.07, 6.45) is 24.9. The zero-order valence-electron chi connectivity index (χ0n) is 27.2. The second kappa shape index (κ2) is 23.3. The van der Waals surface area contributed by atoms with Crippen LogP contribution in [0.5, 0.6) is 0 Å². The number of unbranched alkanes of at least 4 members (excludes halogenated alkanes) is 1. The van der Waals surface area contributed by atoms with Crippen LogP contribution in [-0.2, 0) is 19.0 Å². The van der Waals surface area contributed by atoms with E-state index in [2.05, 4.69) is 83.3 Å². The van der Waals surface area contributed by atoms with Gasteiger partial charge in [0.05, 0.1) is 13.2 Å². The van der Waals surface area contributed by atoms with E-state index in [0.717, 1.165) is 51.1 Å². The molecule has 2 heterocycles. The second-order valence-electron chi connectivity index (χ2n) is 10.7. The first-order chi connectivity index (χ1) is 22.7. The molecule has 2 unspecified atom stereocenters. The lowest BCUT2D eigenvalue weighted by Crippen LogP contribution is -2.35. The van der Waals surface area contributed by atoms with Crippen molar-refractivity contribution in [1.29, 1.82) is 0 Å². The Morgan fingerprint density at radius 1 is 1.00 bits per heavy atom. The van der Waals surface area contributed by atoms with Crippen LogP contribution in [0.15, 0.2) is 77.8 Å². The third kappa shape index (κ3) is 17.4. The standard InChI is InChI=1S/C34H49F2N5O6/c1-2-3-4-5-6-7-8-9-10-11-12-13-14-15-16-17-18-19-30(42)38-21-24-45-25-22-39-33(44)46-27-28-26-34(35,36)31(47-28)41-23-20-29(37)40-32(41)43/h3-4,6-7,9-10,12-13,15-16,20,23,28,31H,2,5,8,11,14,17-19,21-22,24-27H2,1H3,(H,38,42)(H,39,44)(H2,37,40,43)/b4-3-,7-6-,10-9-,13-12-,16-15-. The van der Waals surface area contributed by atoms with Crippen molar-refractivity contribution in [2.24, 2.45) is 0 Å². The summed E-state index contributed by atoms with van der Waals surface area (Å²) in [5, 5.41) is 5.23. The van der Waals surface area contributed by atoms with Crippen LogP contribution in [0.2, 0.25) is 0 Å². The SMILES string of the molecule is CC/C=C\C/C=C\C/C=C\C/C=C\C/C=C\CCCC(=O)NCCOCCNC(=O)OCC1CC(F)(F)C(n2ccc(N)nc2=O)O1. The number of alkyl carbamates (subject to hydrolysis) is 1. The van der Waals surface area contributed by atoms with Crippen LogP contribution in [0.1, 0.15) is 70.9 Å². The van der Waals surface area contributed by atoms with Gasteiger partial charge >= 0.3 is 11.8 Å². The Balaban J connectivity index is 1.42. The lowest BCUT2D eigenvalue weighted by molar-refractivity contribution is -0.121. The minimum atomic E-state index is -3.37. The average molecular weight is 662 g/mol. The number of amides is 2. The molecule has 1 saturated heterocycles. The van der Waals surface area contributed by atoms with E-state index < -0.39 is 43.1 Å². The lowest BCUT2D eigenvalue weighted by Gasteiger charge is -2.19. The van der Waals surface area contributed by atoms with Crippen molar-refractivity contribution in [3.05, 3.63) is 83.5 Å². The van der Waals surface area contributed by atoms with Crippen molar-refractivity contribution in [2.45, 2.75) is 83.0 Å². The maximum atomic E-state index is 14.4. The maximum Gasteiger partial charge on any atom is 0.407 e. The van der Waals surface area contributed by atoms with Crippen LogP contribution < -0.4 is 22.1 Å². The van der Waals surface area contributed by atoms with Gasteiger partial charge in [-0.05, 0) is 51.0 Å². The first-order valence-corrected chi connectivity index (χ1v) is 16.1. The van der Waals surface area contributed by atoms with Gasteiger partial charge in [0, 0.05) is 32.1 Å². The molecule has 2 atom stereocenters.